The number of nitrogens with two attached hydrogens (primary N) is 1. The highest BCUT2D eigenvalue weighted by Gasteiger charge is 1.96. The monoisotopic (exact) mass is 232 g/mol. The van der Waals surface area contributed by atoms with Crippen LogP contribution in [0.5, 0.6) is 0 Å². The van der Waals surface area contributed by atoms with Crippen LogP contribution in [-0.2, 0) is 13.1 Å². The van der Waals surface area contributed by atoms with Gasteiger partial charge in [-0.15, -0.1) is 11.8 Å². The van der Waals surface area contributed by atoms with Gasteiger partial charge in [-0.2, -0.15) is 0 Å². The summed E-state index contributed by atoms with van der Waals surface area (Å²) in [5.74, 6) is 1.09. The smallest absolute Gasteiger partial charge is 0.0314 e. The molecule has 1 aromatic heterocycles. The Kier molecular flexibility index (Phi) is 4.08. The molecule has 0 amide bonds. The van der Waals surface area contributed by atoms with E-state index in [1.807, 2.05) is 17.8 Å². The summed E-state index contributed by atoms with van der Waals surface area (Å²) >= 11 is 1.88. The van der Waals surface area contributed by atoms with Crippen LogP contribution in [0.3, 0.4) is 0 Å². The van der Waals surface area contributed by atoms with Crippen LogP contribution in [-0.4, -0.2) is 10.3 Å². The van der Waals surface area contributed by atoms with E-state index in [-0.39, 0.29) is 0 Å². The fourth-order valence-corrected chi connectivity index (χ4v) is 2.42. The fourth-order valence-electron chi connectivity index (χ4n) is 1.54. The lowest BCUT2D eigenvalue weighted by atomic mass is 10.4. The average molecular weight is 232 g/mol. The lowest BCUT2D eigenvalue weighted by molar-refractivity contribution is 0.774. The topological polar surface area (TPSA) is 30.9 Å². The van der Waals surface area contributed by atoms with Crippen LogP contribution in [0.1, 0.15) is 5.56 Å². The summed E-state index contributed by atoms with van der Waals surface area (Å²) in [4.78, 5) is 1.33. The van der Waals surface area contributed by atoms with Crippen molar-refractivity contribution in [3.05, 3.63) is 54.4 Å². The van der Waals surface area contributed by atoms with Gasteiger partial charge in [0.2, 0.25) is 0 Å². The van der Waals surface area contributed by atoms with Gasteiger partial charge in [-0.25, -0.2) is 0 Å². The number of aryl methyl sites for hydroxylation is 1. The average Bonchev–Trinajstić information content (AvgIpc) is 2.78. The highest BCUT2D eigenvalue weighted by molar-refractivity contribution is 7.99. The number of nitrogens with zero attached hydrogens (tertiary/aromatic N) is 1. The van der Waals surface area contributed by atoms with Crippen molar-refractivity contribution in [2.24, 2.45) is 5.73 Å². The number of hydrogen-bond acceptors (Lipinski definition) is 2. The van der Waals surface area contributed by atoms with Crippen molar-refractivity contribution in [3.8, 4) is 0 Å². The second kappa shape index (κ2) is 5.77. The maximum atomic E-state index is 5.56. The number of rotatable bonds is 5. The zero-order valence-electron chi connectivity index (χ0n) is 9.17. The van der Waals surface area contributed by atoms with Gasteiger partial charge in [0.15, 0.2) is 0 Å². The van der Waals surface area contributed by atoms with Crippen molar-refractivity contribution >= 4 is 11.8 Å². The van der Waals surface area contributed by atoms with E-state index in [0.29, 0.717) is 6.54 Å². The van der Waals surface area contributed by atoms with E-state index in [0.717, 1.165) is 12.3 Å². The second-order valence-corrected chi connectivity index (χ2v) is 4.79. The Hall–Kier alpha value is -1.19. The lowest BCUT2D eigenvalue weighted by Crippen LogP contribution is -1.98. The van der Waals surface area contributed by atoms with E-state index in [9.17, 15) is 0 Å². The molecule has 0 radical (unpaired) electrons. The van der Waals surface area contributed by atoms with Crippen LogP contribution >= 0.6 is 11.8 Å². The van der Waals surface area contributed by atoms with E-state index >= 15 is 0 Å². The maximum absolute atomic E-state index is 5.56. The zero-order chi connectivity index (χ0) is 11.2. The molecule has 0 aliphatic rings. The third-order valence-corrected chi connectivity index (χ3v) is 3.40. The zero-order valence-corrected chi connectivity index (χ0v) is 9.99. The number of aromatic nitrogens is 1. The molecule has 1 aromatic carbocycles. The van der Waals surface area contributed by atoms with Gasteiger partial charge in [0, 0.05) is 36.1 Å². The Labute approximate surface area is 100 Å². The van der Waals surface area contributed by atoms with Gasteiger partial charge in [-0.1, -0.05) is 18.2 Å². The van der Waals surface area contributed by atoms with Crippen LogP contribution in [0.15, 0.2) is 53.7 Å². The van der Waals surface area contributed by atoms with Crippen LogP contribution < -0.4 is 5.73 Å². The molecule has 0 saturated heterocycles. The largest absolute Gasteiger partial charge is 0.353 e. The molecule has 0 unspecified atom stereocenters. The molecular formula is C13H16N2S. The molecular weight excluding hydrogens is 216 g/mol. The van der Waals surface area contributed by atoms with Gasteiger partial charge in [-0.3, -0.25) is 0 Å². The van der Waals surface area contributed by atoms with E-state index in [4.69, 9.17) is 5.73 Å². The highest BCUT2D eigenvalue weighted by atomic mass is 32.2. The molecule has 0 spiro atoms. The normalized spacial score (nSPS) is 10.6. The summed E-state index contributed by atoms with van der Waals surface area (Å²) in [6.45, 7) is 1.65. The van der Waals surface area contributed by atoms with Crippen LogP contribution in [0.2, 0.25) is 0 Å². The molecule has 2 N–H and O–H groups in total. The molecule has 0 bridgehead atoms. The fraction of sp³-hybridized carbons (Fsp3) is 0.231. The van der Waals surface area contributed by atoms with Crippen molar-refractivity contribution in [1.29, 1.82) is 0 Å². The molecule has 1 heterocycles. The Balaban J connectivity index is 1.80. The van der Waals surface area contributed by atoms with E-state index in [2.05, 4.69) is 47.3 Å². The number of hydrogen-bond donors (Lipinski definition) is 1. The first-order valence-electron chi connectivity index (χ1n) is 5.41. The van der Waals surface area contributed by atoms with Crippen molar-refractivity contribution in [1.82, 2.24) is 4.57 Å². The molecule has 0 aliphatic heterocycles. The quantitative estimate of drug-likeness (QED) is 0.804. The van der Waals surface area contributed by atoms with Crippen molar-refractivity contribution in [3.63, 3.8) is 0 Å². The molecule has 3 heteroatoms. The van der Waals surface area contributed by atoms with Gasteiger partial charge in [-0.05, 0) is 23.8 Å². The predicted octanol–water partition coefficient (Wildman–Crippen LogP) is 2.74. The SMILES string of the molecule is NCc1ccn(CCSc2ccccc2)c1. The lowest BCUT2D eigenvalue weighted by Gasteiger charge is -2.02. The standard InChI is InChI=1S/C13H16N2S/c14-10-12-6-7-15(11-12)8-9-16-13-4-2-1-3-5-13/h1-7,11H,8-10,14H2. The van der Waals surface area contributed by atoms with Gasteiger partial charge in [0.1, 0.15) is 0 Å². The summed E-state index contributed by atoms with van der Waals surface area (Å²) in [6.07, 6.45) is 4.21. The van der Waals surface area contributed by atoms with Crippen LogP contribution in [0.4, 0.5) is 0 Å². The minimum atomic E-state index is 0.624. The summed E-state index contributed by atoms with van der Waals surface area (Å²) in [5, 5.41) is 0. The Morgan fingerprint density at radius 1 is 1.12 bits per heavy atom. The minimum absolute atomic E-state index is 0.624. The van der Waals surface area contributed by atoms with E-state index in [1.54, 1.807) is 0 Å². The van der Waals surface area contributed by atoms with Crippen molar-refractivity contribution in [2.75, 3.05) is 5.75 Å². The third kappa shape index (κ3) is 3.15. The maximum Gasteiger partial charge on any atom is 0.0314 e. The minimum Gasteiger partial charge on any atom is -0.353 e. The second-order valence-electron chi connectivity index (χ2n) is 3.62. The van der Waals surface area contributed by atoms with Gasteiger partial charge < -0.3 is 10.3 Å². The molecule has 84 valence electrons. The molecule has 0 aliphatic carbocycles. The Morgan fingerprint density at radius 2 is 1.94 bits per heavy atom. The Bertz CT molecular complexity index is 423. The molecule has 2 aromatic rings. The first-order chi connectivity index (χ1) is 7.88. The van der Waals surface area contributed by atoms with Gasteiger partial charge in [0.05, 0.1) is 0 Å². The number of benzene rings is 1. The first kappa shape index (κ1) is 11.3. The van der Waals surface area contributed by atoms with Crippen molar-refractivity contribution < 1.29 is 0 Å². The van der Waals surface area contributed by atoms with Gasteiger partial charge in [0.25, 0.3) is 0 Å². The Morgan fingerprint density at radius 3 is 2.62 bits per heavy atom. The van der Waals surface area contributed by atoms with Crippen LogP contribution in [0.25, 0.3) is 0 Å². The molecule has 0 atom stereocenters. The predicted molar refractivity (Wildman–Crippen MR) is 69.5 cm³/mol. The number of thioether (sulfide) groups is 1. The van der Waals surface area contributed by atoms with E-state index < -0.39 is 0 Å². The summed E-state index contributed by atoms with van der Waals surface area (Å²) in [6, 6.07) is 12.6. The van der Waals surface area contributed by atoms with Crippen molar-refractivity contribution in [2.45, 2.75) is 18.0 Å². The van der Waals surface area contributed by atoms with E-state index in [1.165, 1.54) is 10.5 Å². The molecule has 0 fully saturated rings. The highest BCUT2D eigenvalue weighted by Crippen LogP contribution is 2.17. The summed E-state index contributed by atoms with van der Waals surface area (Å²) in [7, 11) is 0. The third-order valence-electron chi connectivity index (χ3n) is 2.41. The molecule has 0 saturated carbocycles. The van der Waals surface area contributed by atoms with Crippen LogP contribution in [0, 0.1) is 0 Å². The first-order valence-corrected chi connectivity index (χ1v) is 6.39. The molecule has 2 rings (SSSR count). The van der Waals surface area contributed by atoms with Gasteiger partial charge >= 0.3 is 0 Å². The summed E-state index contributed by atoms with van der Waals surface area (Å²) < 4.78 is 2.19. The summed E-state index contributed by atoms with van der Waals surface area (Å²) in [5.41, 5.74) is 6.76. The molecule has 16 heavy (non-hydrogen) atoms. The molecule has 2 nitrogen and oxygen atoms in total.